The summed E-state index contributed by atoms with van der Waals surface area (Å²) >= 11 is 0. The van der Waals surface area contributed by atoms with Gasteiger partial charge in [0, 0.05) is 7.05 Å². The summed E-state index contributed by atoms with van der Waals surface area (Å²) in [6, 6.07) is 0. The molecule has 0 aliphatic carbocycles. The molecule has 0 heterocycles. The van der Waals surface area contributed by atoms with Gasteiger partial charge in [-0.3, -0.25) is 9.79 Å². The Morgan fingerprint density at radius 3 is 2.55 bits per heavy atom. The molecule has 0 bridgehead atoms. The minimum absolute atomic E-state index is 0.203. The minimum Gasteiger partial charge on any atom is -0.347 e. The fourth-order valence-corrected chi connectivity index (χ4v) is 1.95. The van der Waals surface area contributed by atoms with Crippen molar-refractivity contribution in [2.75, 3.05) is 13.6 Å². The van der Waals surface area contributed by atoms with Crippen LogP contribution >= 0.6 is 0 Å². The number of nitrogens with one attached hydrogen (secondary N) is 1. The molecule has 0 fully saturated rings. The molecule has 1 atom stereocenters. The number of carbonyl (C=O) groups excluding carboxylic acids is 1. The van der Waals surface area contributed by atoms with Gasteiger partial charge in [-0.2, -0.15) is 0 Å². The molecule has 0 rings (SSSR count). The van der Waals surface area contributed by atoms with E-state index in [-0.39, 0.29) is 5.91 Å². The lowest BCUT2D eigenvalue weighted by molar-refractivity contribution is -0.116. The molecule has 1 amide bonds. The number of hydrogen-bond acceptors (Lipinski definition) is 2. The predicted molar refractivity (Wildman–Crippen MR) is 97.3 cm³/mol. The van der Waals surface area contributed by atoms with Gasteiger partial charge in [0.15, 0.2) is 0 Å². The minimum atomic E-state index is -0.203. The third-order valence-electron chi connectivity index (χ3n) is 3.59. The normalized spacial score (nSPS) is 14.0. The Kier molecular flexibility index (Phi) is 10.7. The first kappa shape index (κ1) is 20.1. The SMILES string of the molecule is C=CC(=O)NCC(=NC)C(=C)/C(=C\C=C/CCC)C(C)CC. The molecule has 1 unspecified atom stereocenters. The second-order valence-electron chi connectivity index (χ2n) is 5.22. The van der Waals surface area contributed by atoms with Gasteiger partial charge in [-0.05, 0) is 36.0 Å². The molecule has 0 aliphatic rings. The number of nitrogens with zero attached hydrogens (tertiary/aromatic N) is 1. The maximum atomic E-state index is 11.3. The van der Waals surface area contributed by atoms with Crippen molar-refractivity contribution in [2.24, 2.45) is 10.9 Å². The van der Waals surface area contributed by atoms with Crippen molar-refractivity contribution in [2.45, 2.75) is 40.0 Å². The van der Waals surface area contributed by atoms with Crippen LogP contribution in [0.1, 0.15) is 40.0 Å². The number of amides is 1. The molecule has 0 aromatic carbocycles. The lowest BCUT2D eigenvalue weighted by Crippen LogP contribution is -2.29. The highest BCUT2D eigenvalue weighted by Gasteiger charge is 2.14. The van der Waals surface area contributed by atoms with E-state index >= 15 is 0 Å². The molecule has 3 heteroatoms. The number of carbonyl (C=O) groups is 1. The van der Waals surface area contributed by atoms with Crippen LogP contribution in [-0.2, 0) is 4.79 Å². The fraction of sp³-hybridized carbons (Fsp3) is 0.474. The molecule has 0 radical (unpaired) electrons. The standard InChI is InChI=1S/C19H30N2O/c1-7-10-11-12-13-17(15(4)8-2)16(5)18(20-6)14-21-19(22)9-3/h9,11-13,15H,3,5,7-8,10,14H2,1-2,4,6H3,(H,21,22)/b12-11-,17-13-,20-18?. The molecule has 0 aliphatic heterocycles. The first-order chi connectivity index (χ1) is 10.5. The monoisotopic (exact) mass is 302 g/mol. The van der Waals surface area contributed by atoms with Gasteiger partial charge >= 0.3 is 0 Å². The van der Waals surface area contributed by atoms with Gasteiger partial charge in [0.05, 0.1) is 12.3 Å². The average molecular weight is 302 g/mol. The summed E-state index contributed by atoms with van der Waals surface area (Å²) in [6.45, 7) is 14.5. The Bertz CT molecular complexity index is 470. The Morgan fingerprint density at radius 2 is 2.05 bits per heavy atom. The van der Waals surface area contributed by atoms with Crippen LogP contribution in [0.4, 0.5) is 0 Å². The van der Waals surface area contributed by atoms with E-state index in [1.807, 2.05) is 0 Å². The van der Waals surface area contributed by atoms with Crippen molar-refractivity contribution in [1.82, 2.24) is 5.32 Å². The highest BCUT2D eigenvalue weighted by atomic mass is 16.1. The molecule has 22 heavy (non-hydrogen) atoms. The van der Waals surface area contributed by atoms with Gasteiger partial charge in [-0.15, -0.1) is 0 Å². The third-order valence-corrected chi connectivity index (χ3v) is 3.59. The molecule has 122 valence electrons. The van der Waals surface area contributed by atoms with E-state index in [0.717, 1.165) is 30.5 Å². The van der Waals surface area contributed by atoms with Crippen molar-refractivity contribution in [1.29, 1.82) is 0 Å². The van der Waals surface area contributed by atoms with Crippen molar-refractivity contribution in [3.05, 3.63) is 48.6 Å². The lowest BCUT2D eigenvalue weighted by atomic mass is 9.89. The van der Waals surface area contributed by atoms with Crippen molar-refractivity contribution in [3.8, 4) is 0 Å². The number of allylic oxidation sites excluding steroid dienone is 4. The maximum Gasteiger partial charge on any atom is 0.243 e. The molecular weight excluding hydrogens is 272 g/mol. The molecule has 0 saturated carbocycles. The quantitative estimate of drug-likeness (QED) is 0.366. The maximum absolute atomic E-state index is 11.3. The summed E-state index contributed by atoms with van der Waals surface area (Å²) in [5.74, 6) is 0.191. The van der Waals surface area contributed by atoms with E-state index < -0.39 is 0 Å². The lowest BCUT2D eigenvalue weighted by Gasteiger charge is -2.18. The first-order valence-electron chi connectivity index (χ1n) is 7.93. The van der Waals surface area contributed by atoms with E-state index in [4.69, 9.17) is 0 Å². The Balaban J connectivity index is 5.14. The van der Waals surface area contributed by atoms with Crippen molar-refractivity contribution in [3.63, 3.8) is 0 Å². The summed E-state index contributed by atoms with van der Waals surface area (Å²) in [7, 11) is 1.72. The zero-order valence-corrected chi connectivity index (χ0v) is 14.5. The first-order valence-corrected chi connectivity index (χ1v) is 7.93. The van der Waals surface area contributed by atoms with Crippen molar-refractivity contribution >= 4 is 11.6 Å². The molecule has 3 nitrogen and oxygen atoms in total. The van der Waals surface area contributed by atoms with Crippen LogP contribution < -0.4 is 5.32 Å². The van der Waals surface area contributed by atoms with Crippen LogP contribution in [0.2, 0.25) is 0 Å². The second-order valence-corrected chi connectivity index (χ2v) is 5.22. The number of unbranched alkanes of at least 4 members (excludes halogenated alkanes) is 1. The zero-order valence-electron chi connectivity index (χ0n) is 14.5. The third kappa shape index (κ3) is 7.21. The Labute approximate surface area is 135 Å². The Hall–Kier alpha value is -1.90. The van der Waals surface area contributed by atoms with Gasteiger partial charge in [0.1, 0.15) is 0 Å². The van der Waals surface area contributed by atoms with Crippen LogP contribution in [0.5, 0.6) is 0 Å². The largest absolute Gasteiger partial charge is 0.347 e. The van der Waals surface area contributed by atoms with E-state index in [9.17, 15) is 4.79 Å². The van der Waals surface area contributed by atoms with E-state index in [0.29, 0.717) is 12.5 Å². The van der Waals surface area contributed by atoms with Gasteiger partial charge in [-0.25, -0.2) is 0 Å². The zero-order chi connectivity index (χ0) is 17.0. The van der Waals surface area contributed by atoms with Gasteiger partial charge in [-0.1, -0.05) is 58.6 Å². The highest BCUT2D eigenvalue weighted by Crippen LogP contribution is 2.22. The van der Waals surface area contributed by atoms with Crippen molar-refractivity contribution < 1.29 is 4.79 Å². The van der Waals surface area contributed by atoms with Crippen LogP contribution in [0.25, 0.3) is 0 Å². The smallest absolute Gasteiger partial charge is 0.243 e. The molecule has 0 aromatic rings. The molecule has 1 N–H and O–H groups in total. The van der Waals surface area contributed by atoms with Crippen LogP contribution in [0, 0.1) is 5.92 Å². The number of hydrogen-bond donors (Lipinski definition) is 1. The van der Waals surface area contributed by atoms with E-state index in [2.05, 4.69) is 62.5 Å². The van der Waals surface area contributed by atoms with E-state index in [1.165, 1.54) is 11.6 Å². The Morgan fingerprint density at radius 1 is 1.36 bits per heavy atom. The van der Waals surface area contributed by atoms with Gasteiger partial charge in [0.25, 0.3) is 0 Å². The fourth-order valence-electron chi connectivity index (χ4n) is 1.95. The summed E-state index contributed by atoms with van der Waals surface area (Å²) in [5, 5.41) is 2.76. The van der Waals surface area contributed by atoms with Crippen LogP contribution in [-0.4, -0.2) is 25.2 Å². The number of aliphatic imine (C=N–C) groups is 1. The highest BCUT2D eigenvalue weighted by molar-refractivity contribution is 6.06. The van der Waals surface area contributed by atoms with Gasteiger partial charge < -0.3 is 5.32 Å². The average Bonchev–Trinajstić information content (AvgIpc) is 2.54. The topological polar surface area (TPSA) is 41.5 Å². The van der Waals surface area contributed by atoms with Crippen LogP contribution in [0.15, 0.2) is 53.6 Å². The molecular formula is C19H30N2O. The summed E-state index contributed by atoms with van der Waals surface area (Å²) in [5.41, 5.74) is 2.86. The summed E-state index contributed by atoms with van der Waals surface area (Å²) in [4.78, 5) is 15.6. The summed E-state index contributed by atoms with van der Waals surface area (Å²) in [6.07, 6.45) is 10.9. The van der Waals surface area contributed by atoms with Gasteiger partial charge in [0.2, 0.25) is 5.91 Å². The second kappa shape index (κ2) is 11.7. The number of rotatable bonds is 10. The van der Waals surface area contributed by atoms with Crippen LogP contribution in [0.3, 0.4) is 0 Å². The predicted octanol–water partition coefficient (Wildman–Crippen LogP) is 4.24. The molecule has 0 saturated heterocycles. The molecule has 0 spiro atoms. The van der Waals surface area contributed by atoms with E-state index in [1.54, 1.807) is 7.05 Å². The summed E-state index contributed by atoms with van der Waals surface area (Å²) < 4.78 is 0. The molecule has 0 aromatic heterocycles.